The third-order valence-corrected chi connectivity index (χ3v) is 7.32. The second kappa shape index (κ2) is 11.0. The smallest absolute Gasteiger partial charge is 0.250 e. The maximum Gasteiger partial charge on any atom is 0.250 e. The zero-order chi connectivity index (χ0) is 26.8. The summed E-state index contributed by atoms with van der Waals surface area (Å²) in [5.74, 6) is -6.23. The number of halogens is 5. The fourth-order valence-corrected chi connectivity index (χ4v) is 5.40. The van der Waals surface area contributed by atoms with E-state index in [0.717, 1.165) is 12.1 Å². The first-order valence-corrected chi connectivity index (χ1v) is 13.3. The van der Waals surface area contributed by atoms with E-state index in [4.69, 9.17) is 5.73 Å². The number of hydrogen-bond donors (Lipinski definition) is 3. The summed E-state index contributed by atoms with van der Waals surface area (Å²) in [7, 11) is -3.85. The van der Waals surface area contributed by atoms with Gasteiger partial charge in [0.15, 0.2) is 17.5 Å². The molecule has 0 saturated heterocycles. The van der Waals surface area contributed by atoms with Crippen LogP contribution in [0.4, 0.5) is 34.6 Å². The number of nitrogens with one attached hydrogen (secondary N) is 2. The number of carbonyl (C=O) groups excluding carboxylic acids is 1. The van der Waals surface area contributed by atoms with Crippen LogP contribution in [0, 0.1) is 32.8 Å². The third kappa shape index (κ3) is 6.46. The Morgan fingerprint density at radius 3 is 2.28 bits per heavy atom. The van der Waals surface area contributed by atoms with Crippen LogP contribution in [0.1, 0.15) is 35.3 Å². The summed E-state index contributed by atoms with van der Waals surface area (Å²) >= 11 is 1.87. The average Bonchev–Trinajstić information content (AvgIpc) is 2.76. The minimum Gasteiger partial charge on any atom is -0.366 e. The van der Waals surface area contributed by atoms with Gasteiger partial charge in [-0.25, -0.2) is 26.0 Å². The molecule has 0 spiro atoms. The van der Waals surface area contributed by atoms with Gasteiger partial charge >= 0.3 is 0 Å². The van der Waals surface area contributed by atoms with Crippen LogP contribution in [0.3, 0.4) is 0 Å². The molecule has 0 saturated carbocycles. The van der Waals surface area contributed by atoms with Gasteiger partial charge in [0.2, 0.25) is 10.0 Å². The quantitative estimate of drug-likeness (QED) is 0.208. The molecule has 0 aliphatic carbocycles. The number of sulfonamides is 1. The molecule has 6 nitrogen and oxygen atoms in total. The molecule has 0 aliphatic rings. The lowest BCUT2D eigenvalue weighted by Crippen LogP contribution is -2.21. The largest absolute Gasteiger partial charge is 0.366 e. The van der Waals surface area contributed by atoms with E-state index in [0.29, 0.717) is 3.57 Å². The fraction of sp³-hybridized carbons (Fsp3) is 0.208. The van der Waals surface area contributed by atoms with Crippen molar-refractivity contribution in [2.45, 2.75) is 20.3 Å². The summed E-state index contributed by atoms with van der Waals surface area (Å²) in [5.41, 5.74) is 3.09. The summed E-state index contributed by atoms with van der Waals surface area (Å²) in [4.78, 5) is 12.0. The molecular formula is C24H22F4IN3O3S. The molecule has 12 heteroatoms. The standard InChI is InChI=1S/C24H22F4IN3O3S/c1-12(2)11-36(34,35)32-19-5-3-4-13(20(19)26)8-14-9-16(24(30)33)23(22(28)21(14)27)31-18-7-6-15(29)10-17(18)25/h3-7,9-10,12,31-32H,8,11H2,1-2H3,(H2,30,33). The van der Waals surface area contributed by atoms with Crippen LogP contribution in [0.5, 0.6) is 0 Å². The van der Waals surface area contributed by atoms with E-state index in [1.165, 1.54) is 30.3 Å². The normalized spacial score (nSPS) is 11.6. The van der Waals surface area contributed by atoms with Gasteiger partial charge in [-0.15, -0.1) is 0 Å². The molecule has 0 heterocycles. The van der Waals surface area contributed by atoms with E-state index in [1.54, 1.807) is 13.8 Å². The Bertz CT molecular complexity index is 1430. The van der Waals surface area contributed by atoms with Gasteiger partial charge in [-0.1, -0.05) is 26.0 Å². The van der Waals surface area contributed by atoms with Crippen LogP contribution in [-0.4, -0.2) is 20.1 Å². The maximum absolute atomic E-state index is 15.1. The topological polar surface area (TPSA) is 101 Å². The molecule has 192 valence electrons. The molecule has 3 aromatic rings. The highest BCUT2D eigenvalue weighted by Gasteiger charge is 2.24. The molecule has 36 heavy (non-hydrogen) atoms. The zero-order valence-corrected chi connectivity index (χ0v) is 22.1. The van der Waals surface area contributed by atoms with E-state index in [2.05, 4.69) is 10.0 Å². The number of hydrogen-bond acceptors (Lipinski definition) is 4. The molecule has 0 radical (unpaired) electrons. The Kier molecular flexibility index (Phi) is 8.49. The van der Waals surface area contributed by atoms with Crippen molar-refractivity contribution in [1.29, 1.82) is 0 Å². The fourth-order valence-electron chi connectivity index (χ4n) is 3.50. The van der Waals surface area contributed by atoms with Crippen molar-refractivity contribution < 1.29 is 30.8 Å². The summed E-state index contributed by atoms with van der Waals surface area (Å²) in [6.07, 6.45) is -0.521. The first kappa shape index (κ1) is 27.7. The van der Waals surface area contributed by atoms with Gasteiger partial charge in [-0.2, -0.15) is 0 Å². The summed E-state index contributed by atoms with van der Waals surface area (Å²) < 4.78 is 86.5. The molecule has 0 unspecified atom stereocenters. The summed E-state index contributed by atoms with van der Waals surface area (Å²) in [5, 5.41) is 2.37. The Morgan fingerprint density at radius 1 is 0.972 bits per heavy atom. The van der Waals surface area contributed by atoms with Crippen molar-refractivity contribution in [2.75, 3.05) is 15.8 Å². The van der Waals surface area contributed by atoms with Gasteiger partial charge in [0.25, 0.3) is 5.91 Å². The predicted octanol–water partition coefficient (Wildman–Crippen LogP) is 5.68. The van der Waals surface area contributed by atoms with Gasteiger partial charge in [0.05, 0.1) is 28.4 Å². The molecule has 4 N–H and O–H groups in total. The average molecular weight is 635 g/mol. The van der Waals surface area contributed by atoms with E-state index in [1.807, 2.05) is 22.6 Å². The number of nitrogens with two attached hydrogens (primary N) is 1. The highest BCUT2D eigenvalue weighted by atomic mass is 127. The van der Waals surface area contributed by atoms with Crippen LogP contribution >= 0.6 is 22.6 Å². The number of benzene rings is 3. The molecule has 0 bridgehead atoms. The number of carbonyl (C=O) groups is 1. The van der Waals surface area contributed by atoms with Crippen LogP contribution in [0.2, 0.25) is 0 Å². The zero-order valence-electron chi connectivity index (χ0n) is 19.1. The molecule has 3 rings (SSSR count). The minimum absolute atomic E-state index is 0.155. The van der Waals surface area contributed by atoms with Crippen molar-refractivity contribution in [3.05, 3.63) is 86.0 Å². The molecule has 0 fully saturated rings. The summed E-state index contributed by atoms with van der Waals surface area (Å²) in [6, 6.07) is 8.72. The second-order valence-electron chi connectivity index (χ2n) is 8.43. The molecule has 3 aromatic carbocycles. The monoisotopic (exact) mass is 635 g/mol. The predicted molar refractivity (Wildman–Crippen MR) is 139 cm³/mol. The van der Waals surface area contributed by atoms with Crippen molar-refractivity contribution in [3.63, 3.8) is 0 Å². The second-order valence-corrected chi connectivity index (χ2v) is 11.4. The maximum atomic E-state index is 15.1. The van der Waals surface area contributed by atoms with Crippen LogP contribution in [0.15, 0.2) is 42.5 Å². The lowest BCUT2D eigenvalue weighted by Gasteiger charge is -2.16. The first-order chi connectivity index (χ1) is 16.8. The van der Waals surface area contributed by atoms with Crippen molar-refractivity contribution in [1.82, 2.24) is 0 Å². The molecule has 0 aliphatic heterocycles. The lowest BCUT2D eigenvalue weighted by atomic mass is 9.99. The Hall–Kier alpha value is -2.87. The Balaban J connectivity index is 2.00. The minimum atomic E-state index is -3.85. The van der Waals surface area contributed by atoms with E-state index >= 15 is 13.2 Å². The van der Waals surface area contributed by atoms with Gasteiger partial charge < -0.3 is 11.1 Å². The SMILES string of the molecule is CC(C)CS(=O)(=O)Nc1cccc(Cc2cc(C(N)=O)c(Nc3ccc(I)cc3F)c(F)c2F)c1F. The number of amides is 1. The number of primary amides is 1. The van der Waals surface area contributed by atoms with Crippen molar-refractivity contribution in [3.8, 4) is 0 Å². The third-order valence-electron chi connectivity index (χ3n) is 5.02. The van der Waals surface area contributed by atoms with Crippen LogP contribution in [0.25, 0.3) is 0 Å². The Morgan fingerprint density at radius 2 is 1.67 bits per heavy atom. The van der Waals surface area contributed by atoms with Crippen molar-refractivity contribution >= 4 is 55.6 Å². The molecule has 1 amide bonds. The molecular weight excluding hydrogens is 613 g/mol. The van der Waals surface area contributed by atoms with E-state index < -0.39 is 62.4 Å². The van der Waals surface area contributed by atoms with Gasteiger partial charge in [0.1, 0.15) is 5.82 Å². The van der Waals surface area contributed by atoms with Crippen molar-refractivity contribution in [2.24, 2.45) is 11.7 Å². The number of anilines is 3. The number of rotatable bonds is 9. The lowest BCUT2D eigenvalue weighted by molar-refractivity contribution is 0.100. The van der Waals surface area contributed by atoms with E-state index in [9.17, 15) is 17.6 Å². The van der Waals surface area contributed by atoms with Gasteiger partial charge in [-0.05, 0) is 70.0 Å². The highest BCUT2D eigenvalue weighted by Crippen LogP contribution is 2.32. The van der Waals surface area contributed by atoms with Gasteiger partial charge in [0, 0.05) is 9.99 Å². The van der Waals surface area contributed by atoms with Gasteiger partial charge in [-0.3, -0.25) is 9.52 Å². The molecule has 0 aromatic heterocycles. The molecule has 0 atom stereocenters. The van der Waals surface area contributed by atoms with Crippen LogP contribution < -0.4 is 15.8 Å². The Labute approximate surface area is 219 Å². The van der Waals surface area contributed by atoms with Crippen LogP contribution in [-0.2, 0) is 16.4 Å². The highest BCUT2D eigenvalue weighted by molar-refractivity contribution is 14.1. The first-order valence-electron chi connectivity index (χ1n) is 10.6. The van der Waals surface area contributed by atoms with E-state index in [-0.39, 0.29) is 28.6 Å². The summed E-state index contributed by atoms with van der Waals surface area (Å²) in [6.45, 7) is 3.37.